The first-order valence-corrected chi connectivity index (χ1v) is 14.0. The van der Waals surface area contributed by atoms with Crippen molar-refractivity contribution in [3.63, 3.8) is 0 Å². The highest BCUT2D eigenvalue weighted by Gasteiger charge is 2.42. The van der Waals surface area contributed by atoms with E-state index in [4.69, 9.17) is 48.9 Å². The Morgan fingerprint density at radius 2 is 0.630 bits per heavy atom. The maximum absolute atomic E-state index is 11.4. The third-order valence-corrected chi connectivity index (χ3v) is 9.83. The molecule has 0 aromatic carbocycles. The van der Waals surface area contributed by atoms with Crippen LogP contribution in [0.5, 0.6) is 0 Å². The van der Waals surface area contributed by atoms with Crippen LogP contribution in [-0.4, -0.2) is 88.7 Å². The SMILES string of the molecule is O=P(O)(O)N(CCN(P(=O)(O)O)P(=O)(O)O)CCN(P(=O)(O)O)P(=O)(O)O. The van der Waals surface area contributed by atoms with Crippen molar-refractivity contribution < 1.29 is 71.8 Å². The van der Waals surface area contributed by atoms with E-state index in [2.05, 4.69) is 0 Å². The van der Waals surface area contributed by atoms with E-state index in [1.165, 1.54) is 0 Å². The van der Waals surface area contributed by atoms with Crippen LogP contribution in [0.1, 0.15) is 0 Å². The molecular weight excluding hydrogens is 485 g/mol. The van der Waals surface area contributed by atoms with Crippen LogP contribution in [-0.2, 0) is 22.8 Å². The summed E-state index contributed by atoms with van der Waals surface area (Å²) in [6, 6.07) is 0. The molecule has 23 heteroatoms. The van der Waals surface area contributed by atoms with E-state index in [0.29, 0.717) is 0 Å². The summed E-state index contributed by atoms with van der Waals surface area (Å²) in [4.78, 5) is 89.3. The Kier molecular flexibility index (Phi) is 9.40. The largest absolute Gasteiger partial charge is 0.412 e. The monoisotopic (exact) mass is 503 g/mol. The van der Waals surface area contributed by atoms with Crippen LogP contribution in [0.25, 0.3) is 0 Å². The van der Waals surface area contributed by atoms with Gasteiger partial charge in [-0.15, -0.1) is 8.88 Å². The third-order valence-electron chi connectivity index (χ3n) is 2.69. The maximum Gasteiger partial charge on any atom is 0.412 e. The van der Waals surface area contributed by atoms with E-state index in [9.17, 15) is 22.8 Å². The average molecular weight is 503 g/mol. The predicted octanol–water partition coefficient (Wildman–Crippen LogP) is -2.64. The van der Waals surface area contributed by atoms with Crippen LogP contribution in [0, 0.1) is 0 Å². The fourth-order valence-electron chi connectivity index (χ4n) is 1.61. The molecule has 0 rings (SSSR count). The van der Waals surface area contributed by atoms with E-state index in [1.807, 2.05) is 0 Å². The first kappa shape index (κ1) is 27.6. The molecular formula is C4H18N3O15P5. The maximum atomic E-state index is 11.4. The molecule has 0 saturated carbocycles. The first-order chi connectivity index (χ1) is 11.6. The Hall–Kier alpha value is 0.630. The van der Waals surface area contributed by atoms with Gasteiger partial charge in [-0.2, -0.15) is 0 Å². The van der Waals surface area contributed by atoms with Crippen molar-refractivity contribution in [1.29, 1.82) is 0 Å². The fraction of sp³-hybridized carbons (Fsp3) is 1.00. The molecule has 0 unspecified atom stereocenters. The van der Waals surface area contributed by atoms with E-state index in [1.54, 1.807) is 0 Å². The van der Waals surface area contributed by atoms with Crippen LogP contribution in [0.15, 0.2) is 0 Å². The molecule has 10 N–H and O–H groups in total. The van der Waals surface area contributed by atoms with Gasteiger partial charge in [0.1, 0.15) is 0 Å². The summed E-state index contributed by atoms with van der Waals surface area (Å²) in [7, 11) is -27.6. The molecule has 0 heterocycles. The van der Waals surface area contributed by atoms with E-state index >= 15 is 0 Å². The van der Waals surface area contributed by atoms with Gasteiger partial charge in [-0.05, 0) is 0 Å². The van der Waals surface area contributed by atoms with Crippen LogP contribution in [0.2, 0.25) is 0 Å². The van der Waals surface area contributed by atoms with Crippen LogP contribution < -0.4 is 0 Å². The van der Waals surface area contributed by atoms with Gasteiger partial charge in [0.25, 0.3) is 0 Å². The number of hydrogen-bond donors (Lipinski definition) is 10. The van der Waals surface area contributed by atoms with E-state index < -0.39 is 73.8 Å². The minimum absolute atomic E-state index is 0.0381. The van der Waals surface area contributed by atoms with Gasteiger partial charge in [-0.25, -0.2) is 27.5 Å². The lowest BCUT2D eigenvalue weighted by molar-refractivity contribution is 0.224. The molecule has 0 amide bonds. The van der Waals surface area contributed by atoms with Crippen LogP contribution >= 0.6 is 38.7 Å². The molecule has 0 atom stereocenters. The third kappa shape index (κ3) is 9.79. The van der Waals surface area contributed by atoms with Crippen LogP contribution in [0.3, 0.4) is 0 Å². The summed E-state index contributed by atoms with van der Waals surface area (Å²) in [5.74, 6) is 0. The topological polar surface area (TPSA) is 297 Å². The normalized spacial score (nSPS) is 15.1. The van der Waals surface area contributed by atoms with E-state index in [-0.39, 0.29) is 4.67 Å². The van der Waals surface area contributed by atoms with Crippen molar-refractivity contribution >= 4 is 38.7 Å². The molecule has 0 bridgehead atoms. The highest BCUT2D eigenvalue weighted by atomic mass is 31.3. The molecule has 0 saturated heterocycles. The quantitative estimate of drug-likeness (QED) is 0.129. The summed E-state index contributed by atoms with van der Waals surface area (Å²) in [5, 5.41) is 0. The van der Waals surface area contributed by atoms with Crippen molar-refractivity contribution in [1.82, 2.24) is 13.6 Å². The summed E-state index contributed by atoms with van der Waals surface area (Å²) in [6.45, 7) is -4.94. The molecule has 0 fully saturated rings. The smallest absolute Gasteiger partial charge is 0.312 e. The van der Waals surface area contributed by atoms with Gasteiger partial charge >= 0.3 is 38.7 Å². The fourth-order valence-corrected chi connectivity index (χ4v) is 6.14. The zero-order chi connectivity index (χ0) is 22.1. The Labute approximate surface area is 151 Å². The molecule has 164 valence electrons. The molecule has 0 aromatic heterocycles. The summed E-state index contributed by atoms with van der Waals surface area (Å²) < 4.78 is 54.3. The Balaban J connectivity index is 5.48. The Morgan fingerprint density at radius 3 is 0.778 bits per heavy atom. The van der Waals surface area contributed by atoms with Gasteiger partial charge < -0.3 is 48.9 Å². The minimum Gasteiger partial charge on any atom is -0.312 e. The molecule has 0 aliphatic heterocycles. The number of hydrogen-bond acceptors (Lipinski definition) is 5. The summed E-state index contributed by atoms with van der Waals surface area (Å²) >= 11 is 0. The van der Waals surface area contributed by atoms with Gasteiger partial charge in [-0.3, -0.25) is 0 Å². The van der Waals surface area contributed by atoms with Gasteiger partial charge in [0.05, 0.1) is 0 Å². The Morgan fingerprint density at radius 1 is 0.407 bits per heavy atom. The lowest BCUT2D eigenvalue weighted by Crippen LogP contribution is -2.35. The highest BCUT2D eigenvalue weighted by molar-refractivity contribution is 7.65. The van der Waals surface area contributed by atoms with Crippen molar-refractivity contribution in [2.75, 3.05) is 26.2 Å². The van der Waals surface area contributed by atoms with Crippen molar-refractivity contribution in [2.24, 2.45) is 0 Å². The summed E-state index contributed by atoms with van der Waals surface area (Å²) in [6.07, 6.45) is 0. The van der Waals surface area contributed by atoms with Gasteiger partial charge in [0, 0.05) is 26.2 Å². The second-order valence-corrected chi connectivity index (χ2v) is 13.0. The van der Waals surface area contributed by atoms with Crippen molar-refractivity contribution in [2.45, 2.75) is 0 Å². The number of rotatable bonds is 11. The molecule has 0 radical (unpaired) electrons. The molecule has 18 nitrogen and oxygen atoms in total. The standard InChI is InChI=1S/C4H18N3O15P5/c8-23(9,10)5(1-3-6(24(11,12)13)25(14,15)16)2-4-7(26(17,18)19)27(20,21)22/h1-4H2,(H2,8,9,10)(H2,11,12,13)(H2,14,15,16)(H2,17,18,19)(H2,20,21,22). The van der Waals surface area contributed by atoms with Crippen molar-refractivity contribution in [3.05, 3.63) is 0 Å². The summed E-state index contributed by atoms with van der Waals surface area (Å²) in [5.41, 5.74) is 0. The molecule has 0 aromatic rings. The zero-order valence-corrected chi connectivity index (χ0v) is 17.4. The first-order valence-electron chi connectivity index (χ1n) is 6.18. The Bertz CT molecular complexity index is 643. The second-order valence-electron chi connectivity index (χ2n) is 4.71. The predicted molar refractivity (Wildman–Crippen MR) is 85.2 cm³/mol. The second kappa shape index (κ2) is 9.19. The van der Waals surface area contributed by atoms with E-state index in [0.717, 1.165) is 0 Å². The lowest BCUT2D eigenvalue weighted by Gasteiger charge is -2.30. The average Bonchev–Trinajstić information content (AvgIpc) is 2.28. The minimum atomic E-state index is -5.57. The van der Waals surface area contributed by atoms with Gasteiger partial charge in [-0.1, -0.05) is 0 Å². The van der Waals surface area contributed by atoms with Crippen molar-refractivity contribution in [3.8, 4) is 0 Å². The highest BCUT2D eigenvalue weighted by Crippen LogP contribution is 2.59. The lowest BCUT2D eigenvalue weighted by atomic mass is 10.6. The molecule has 0 aliphatic carbocycles. The van der Waals surface area contributed by atoms with Crippen LogP contribution in [0.4, 0.5) is 0 Å². The number of nitrogens with zero attached hydrogens (tertiary/aromatic N) is 3. The molecule has 0 spiro atoms. The van der Waals surface area contributed by atoms with Gasteiger partial charge in [0.2, 0.25) is 0 Å². The molecule has 0 aliphatic rings. The van der Waals surface area contributed by atoms with Gasteiger partial charge in [0.15, 0.2) is 0 Å². The molecule has 27 heavy (non-hydrogen) atoms. The zero-order valence-electron chi connectivity index (χ0n) is 12.9.